The molecular weight excluding hydrogens is 323 g/mol. The molecule has 7 heteroatoms. The van der Waals surface area contributed by atoms with Gasteiger partial charge < -0.3 is 15.3 Å². The van der Waals surface area contributed by atoms with E-state index in [9.17, 15) is 19.1 Å². The van der Waals surface area contributed by atoms with Crippen molar-refractivity contribution >= 4 is 23.4 Å². The number of hydrogen-bond acceptors (Lipinski definition) is 3. The van der Waals surface area contributed by atoms with Crippen LogP contribution in [0.25, 0.3) is 0 Å². The van der Waals surface area contributed by atoms with Crippen LogP contribution in [0.1, 0.15) is 36.0 Å². The van der Waals surface area contributed by atoms with Gasteiger partial charge in [-0.05, 0) is 31.4 Å². The Kier molecular flexibility index (Phi) is 5.59. The number of carbonyl (C=O) groups is 2. The van der Waals surface area contributed by atoms with Crippen molar-refractivity contribution in [2.45, 2.75) is 31.3 Å². The van der Waals surface area contributed by atoms with Gasteiger partial charge in [0.05, 0.1) is 16.2 Å². The Morgan fingerprint density at radius 3 is 2.91 bits per heavy atom. The van der Waals surface area contributed by atoms with E-state index in [1.807, 2.05) is 0 Å². The summed E-state index contributed by atoms with van der Waals surface area (Å²) >= 11 is 5.86. The Hall–Kier alpha value is -1.66. The number of β-amino-alcohol motifs (C(OH)–C–C–N with tert-alkyl or cyclic N) is 1. The number of carbonyl (C=O) groups excluding carboxylic acids is 2. The molecule has 2 amide bonds. The molecule has 1 aliphatic rings. The molecule has 0 spiro atoms. The minimum Gasteiger partial charge on any atom is -0.388 e. The second-order valence-corrected chi connectivity index (χ2v) is 6.21. The molecule has 1 heterocycles. The molecule has 1 aromatic carbocycles. The van der Waals surface area contributed by atoms with Crippen molar-refractivity contribution in [2.24, 2.45) is 0 Å². The first kappa shape index (κ1) is 17.7. The van der Waals surface area contributed by atoms with E-state index in [2.05, 4.69) is 5.32 Å². The van der Waals surface area contributed by atoms with Gasteiger partial charge in [0.1, 0.15) is 5.82 Å². The van der Waals surface area contributed by atoms with Crippen molar-refractivity contribution < 1.29 is 19.1 Å². The maximum absolute atomic E-state index is 13.5. The van der Waals surface area contributed by atoms with E-state index in [4.69, 9.17) is 11.6 Å². The third-order valence-electron chi connectivity index (χ3n) is 4.12. The van der Waals surface area contributed by atoms with Crippen molar-refractivity contribution in [3.63, 3.8) is 0 Å². The van der Waals surface area contributed by atoms with Gasteiger partial charge in [-0.1, -0.05) is 17.7 Å². The molecule has 1 saturated heterocycles. The highest BCUT2D eigenvalue weighted by atomic mass is 35.5. The highest BCUT2D eigenvalue weighted by Crippen LogP contribution is 2.28. The lowest BCUT2D eigenvalue weighted by atomic mass is 9.88. The predicted octanol–water partition coefficient (Wildman–Crippen LogP) is 1.97. The smallest absolute Gasteiger partial charge is 0.255 e. The number of aliphatic hydroxyl groups is 1. The van der Waals surface area contributed by atoms with Crippen LogP contribution in [0.3, 0.4) is 0 Å². The van der Waals surface area contributed by atoms with Crippen LogP contribution in [0.4, 0.5) is 4.39 Å². The Morgan fingerprint density at radius 2 is 2.22 bits per heavy atom. The monoisotopic (exact) mass is 342 g/mol. The first-order chi connectivity index (χ1) is 10.9. The number of nitrogens with one attached hydrogen (secondary N) is 1. The zero-order valence-corrected chi connectivity index (χ0v) is 13.7. The largest absolute Gasteiger partial charge is 0.388 e. The van der Waals surface area contributed by atoms with E-state index >= 15 is 0 Å². The molecule has 2 N–H and O–H groups in total. The summed E-state index contributed by atoms with van der Waals surface area (Å²) in [5, 5.41) is 12.9. The van der Waals surface area contributed by atoms with Gasteiger partial charge >= 0.3 is 0 Å². The molecule has 0 bridgehead atoms. The maximum Gasteiger partial charge on any atom is 0.255 e. The van der Waals surface area contributed by atoms with Gasteiger partial charge in [0.15, 0.2) is 0 Å². The number of amides is 2. The van der Waals surface area contributed by atoms with Crippen molar-refractivity contribution in [2.75, 3.05) is 20.1 Å². The molecule has 0 aromatic heterocycles. The van der Waals surface area contributed by atoms with Gasteiger partial charge in [-0.3, -0.25) is 9.59 Å². The summed E-state index contributed by atoms with van der Waals surface area (Å²) in [4.78, 5) is 25.4. The Bertz CT molecular complexity index is 611. The third-order valence-corrected chi connectivity index (χ3v) is 4.50. The highest BCUT2D eigenvalue weighted by Gasteiger charge is 2.36. The van der Waals surface area contributed by atoms with Crippen molar-refractivity contribution in [3.05, 3.63) is 34.6 Å². The van der Waals surface area contributed by atoms with Gasteiger partial charge in [0, 0.05) is 26.6 Å². The molecule has 0 saturated carbocycles. The predicted molar refractivity (Wildman–Crippen MR) is 84.8 cm³/mol. The van der Waals surface area contributed by atoms with Gasteiger partial charge in [-0.15, -0.1) is 0 Å². The normalized spacial score (nSPS) is 21.1. The molecule has 126 valence electrons. The minimum atomic E-state index is -1.11. The first-order valence-corrected chi connectivity index (χ1v) is 7.90. The zero-order valence-electron chi connectivity index (χ0n) is 12.9. The van der Waals surface area contributed by atoms with Gasteiger partial charge in [-0.25, -0.2) is 4.39 Å². The van der Waals surface area contributed by atoms with Crippen LogP contribution in [0.2, 0.25) is 5.02 Å². The number of likely N-dealkylation sites (tertiary alicyclic amines) is 1. The van der Waals surface area contributed by atoms with E-state index in [1.165, 1.54) is 30.1 Å². The summed E-state index contributed by atoms with van der Waals surface area (Å²) in [6.45, 7) is 0.573. The third kappa shape index (κ3) is 4.20. The summed E-state index contributed by atoms with van der Waals surface area (Å²) in [6, 6.07) is 4.08. The summed E-state index contributed by atoms with van der Waals surface area (Å²) in [5.74, 6) is -1.22. The van der Waals surface area contributed by atoms with E-state index in [-0.39, 0.29) is 35.9 Å². The first-order valence-electron chi connectivity index (χ1n) is 7.52. The fourth-order valence-corrected chi connectivity index (χ4v) is 3.01. The molecule has 0 aliphatic carbocycles. The average molecular weight is 343 g/mol. The molecule has 1 fully saturated rings. The highest BCUT2D eigenvalue weighted by molar-refractivity contribution is 6.34. The minimum absolute atomic E-state index is 0.0854. The standard InChI is InChI=1S/C16H20ClFN2O3/c1-19-13(21)6-8-16(23)7-3-9-20(10-16)15(22)11-4-2-5-12(18)14(11)17/h2,4-5,23H,3,6-10H2,1H3,(H,19,21). The lowest BCUT2D eigenvalue weighted by Gasteiger charge is -2.39. The number of benzene rings is 1. The molecule has 0 radical (unpaired) electrons. The summed E-state index contributed by atoms with van der Waals surface area (Å²) in [5.41, 5.74) is -1.03. The summed E-state index contributed by atoms with van der Waals surface area (Å²) < 4.78 is 13.5. The molecule has 23 heavy (non-hydrogen) atoms. The molecule has 1 aliphatic heterocycles. The van der Waals surface area contributed by atoms with Crippen molar-refractivity contribution in [3.8, 4) is 0 Å². The van der Waals surface area contributed by atoms with Crippen molar-refractivity contribution in [1.29, 1.82) is 0 Å². The lowest BCUT2D eigenvalue weighted by molar-refractivity contribution is -0.122. The molecule has 1 aromatic rings. The van der Waals surface area contributed by atoms with Gasteiger partial charge in [0.25, 0.3) is 5.91 Å². The molecule has 1 unspecified atom stereocenters. The number of nitrogens with zero attached hydrogens (tertiary/aromatic N) is 1. The number of halogens is 2. The fourth-order valence-electron chi connectivity index (χ4n) is 2.80. The quantitative estimate of drug-likeness (QED) is 0.879. The second kappa shape index (κ2) is 7.27. The molecular formula is C16H20ClFN2O3. The average Bonchev–Trinajstić information content (AvgIpc) is 2.54. The lowest BCUT2D eigenvalue weighted by Crippen LogP contribution is -2.50. The molecule has 1 atom stereocenters. The maximum atomic E-state index is 13.5. The summed E-state index contributed by atoms with van der Waals surface area (Å²) in [7, 11) is 1.54. The van der Waals surface area contributed by atoms with Crippen molar-refractivity contribution in [1.82, 2.24) is 10.2 Å². The van der Waals surface area contributed by atoms with Gasteiger partial charge in [0.2, 0.25) is 5.91 Å². The van der Waals surface area contributed by atoms with Crippen LogP contribution < -0.4 is 5.32 Å². The van der Waals surface area contributed by atoms with E-state index in [0.717, 1.165) is 0 Å². The zero-order chi connectivity index (χ0) is 17.0. The molecule has 5 nitrogen and oxygen atoms in total. The SMILES string of the molecule is CNC(=O)CCC1(O)CCCN(C(=O)c2cccc(F)c2Cl)C1. The van der Waals surface area contributed by atoms with E-state index in [0.29, 0.717) is 19.4 Å². The van der Waals surface area contributed by atoms with Crippen LogP contribution in [-0.4, -0.2) is 47.6 Å². The van der Waals surface area contributed by atoms with E-state index in [1.54, 1.807) is 0 Å². The van der Waals surface area contributed by atoms with Crippen LogP contribution >= 0.6 is 11.6 Å². The number of rotatable bonds is 4. The fraction of sp³-hybridized carbons (Fsp3) is 0.500. The van der Waals surface area contributed by atoms with Crippen LogP contribution in [0.15, 0.2) is 18.2 Å². The van der Waals surface area contributed by atoms with Crippen LogP contribution in [0, 0.1) is 5.82 Å². The summed E-state index contributed by atoms with van der Waals surface area (Å²) in [6.07, 6.45) is 1.59. The van der Waals surface area contributed by atoms with Gasteiger partial charge in [-0.2, -0.15) is 0 Å². The van der Waals surface area contributed by atoms with E-state index < -0.39 is 17.3 Å². The molecule has 2 rings (SSSR count). The topological polar surface area (TPSA) is 69.6 Å². The Morgan fingerprint density at radius 1 is 1.48 bits per heavy atom. The second-order valence-electron chi connectivity index (χ2n) is 5.83. The van der Waals surface area contributed by atoms with Crippen LogP contribution in [0.5, 0.6) is 0 Å². The van der Waals surface area contributed by atoms with Crippen LogP contribution in [-0.2, 0) is 4.79 Å². The number of piperidine rings is 1. The Balaban J connectivity index is 2.09. The Labute approximate surface area is 139 Å². The number of hydrogen-bond donors (Lipinski definition) is 2.